The van der Waals surface area contributed by atoms with Gasteiger partial charge in [-0.15, -0.1) is 0 Å². The van der Waals surface area contributed by atoms with Gasteiger partial charge >= 0.3 is 10.1 Å². The van der Waals surface area contributed by atoms with Crippen molar-refractivity contribution in [2.45, 2.75) is 18.4 Å². The van der Waals surface area contributed by atoms with Crippen LogP contribution in [0.4, 0.5) is 5.69 Å². The second-order valence-corrected chi connectivity index (χ2v) is 7.39. The van der Waals surface area contributed by atoms with Gasteiger partial charge < -0.3 is 9.61 Å². The summed E-state index contributed by atoms with van der Waals surface area (Å²) in [6, 6.07) is 23.3. The molecule has 0 fully saturated rings. The highest BCUT2D eigenvalue weighted by atomic mass is 32.2. The van der Waals surface area contributed by atoms with Crippen molar-refractivity contribution in [3.8, 4) is 5.75 Å². The third-order valence-corrected chi connectivity index (χ3v) is 5.00. The minimum atomic E-state index is -3.82. The summed E-state index contributed by atoms with van der Waals surface area (Å²) in [5, 5.41) is 0. The van der Waals surface area contributed by atoms with E-state index in [2.05, 4.69) is 10.9 Å². The van der Waals surface area contributed by atoms with E-state index >= 15 is 0 Å². The van der Waals surface area contributed by atoms with Crippen molar-refractivity contribution in [2.75, 3.05) is 5.43 Å². The van der Waals surface area contributed by atoms with Crippen molar-refractivity contribution in [3.05, 3.63) is 90.0 Å². The van der Waals surface area contributed by atoms with Crippen LogP contribution < -0.4 is 15.0 Å². The molecule has 0 saturated carbocycles. The Morgan fingerprint density at radius 1 is 0.846 bits per heavy atom. The summed E-state index contributed by atoms with van der Waals surface area (Å²) in [5.74, 6) is 0.283. The first kappa shape index (κ1) is 18.0. The summed E-state index contributed by atoms with van der Waals surface area (Å²) in [4.78, 5) is 0.140. The second kappa shape index (κ2) is 8.03. The number of para-hydroxylation sites is 1. The van der Waals surface area contributed by atoms with E-state index in [-0.39, 0.29) is 10.6 Å². The molecule has 3 aromatic rings. The molecule has 0 aromatic heterocycles. The average molecular weight is 368 g/mol. The van der Waals surface area contributed by atoms with E-state index in [1.807, 2.05) is 49.4 Å². The Labute approximate surface area is 153 Å². The van der Waals surface area contributed by atoms with E-state index in [0.717, 1.165) is 16.8 Å². The fourth-order valence-corrected chi connectivity index (χ4v) is 3.24. The number of hydrazine groups is 1. The summed E-state index contributed by atoms with van der Waals surface area (Å²) in [7, 11) is -3.82. The minimum absolute atomic E-state index is 0.140. The number of hydrogen-bond donors (Lipinski definition) is 2. The van der Waals surface area contributed by atoms with Gasteiger partial charge in [0.2, 0.25) is 0 Å². The molecule has 0 aliphatic heterocycles. The fraction of sp³-hybridized carbons (Fsp3) is 0.100. The standard InChI is InChI=1S/C20H20N2O3S/c1-16-7-13-20(14-8-16)26(23,24)25-19-11-9-17(10-12-19)15-21-22-18-5-3-2-4-6-18/h2-14,21-22H,15H2,1H3. The smallest absolute Gasteiger partial charge is 0.339 e. The molecule has 26 heavy (non-hydrogen) atoms. The Morgan fingerprint density at radius 3 is 2.15 bits per heavy atom. The monoisotopic (exact) mass is 368 g/mol. The molecule has 0 spiro atoms. The maximum Gasteiger partial charge on any atom is 0.339 e. The normalized spacial score (nSPS) is 11.1. The molecule has 0 amide bonds. The highest BCUT2D eigenvalue weighted by molar-refractivity contribution is 7.87. The molecule has 0 atom stereocenters. The maximum absolute atomic E-state index is 12.3. The number of anilines is 1. The van der Waals surface area contributed by atoms with Crippen LogP contribution in [0.5, 0.6) is 5.75 Å². The summed E-state index contributed by atoms with van der Waals surface area (Å²) in [6.45, 7) is 2.48. The molecule has 0 saturated heterocycles. The maximum atomic E-state index is 12.3. The van der Waals surface area contributed by atoms with Crippen LogP contribution in [0.3, 0.4) is 0 Å². The number of benzene rings is 3. The number of aryl methyl sites for hydroxylation is 1. The minimum Gasteiger partial charge on any atom is -0.379 e. The van der Waals surface area contributed by atoms with Gasteiger partial charge in [0.15, 0.2) is 0 Å². The van der Waals surface area contributed by atoms with Gasteiger partial charge in [0.05, 0.1) is 0 Å². The first-order valence-corrected chi connectivity index (χ1v) is 9.58. The lowest BCUT2D eigenvalue weighted by Crippen LogP contribution is -2.20. The first-order valence-electron chi connectivity index (χ1n) is 8.17. The largest absolute Gasteiger partial charge is 0.379 e. The zero-order valence-corrected chi connectivity index (χ0v) is 15.2. The van der Waals surface area contributed by atoms with Crippen LogP contribution in [-0.2, 0) is 16.7 Å². The van der Waals surface area contributed by atoms with E-state index in [1.54, 1.807) is 24.3 Å². The number of hydrogen-bond acceptors (Lipinski definition) is 5. The van der Waals surface area contributed by atoms with Crippen molar-refractivity contribution in [1.29, 1.82) is 0 Å². The first-order chi connectivity index (χ1) is 12.5. The molecule has 3 aromatic carbocycles. The molecule has 0 radical (unpaired) electrons. The van der Waals surface area contributed by atoms with E-state index < -0.39 is 10.1 Å². The average Bonchev–Trinajstić information content (AvgIpc) is 2.64. The zero-order chi connectivity index (χ0) is 18.4. The highest BCUT2D eigenvalue weighted by Crippen LogP contribution is 2.19. The Balaban J connectivity index is 1.58. The van der Waals surface area contributed by atoms with Crippen LogP contribution in [-0.4, -0.2) is 8.42 Å². The third kappa shape index (κ3) is 4.84. The summed E-state index contributed by atoms with van der Waals surface area (Å²) in [5.41, 5.74) is 9.16. The van der Waals surface area contributed by atoms with Gasteiger partial charge in [0.1, 0.15) is 10.6 Å². The van der Waals surface area contributed by atoms with Gasteiger partial charge in [-0.2, -0.15) is 8.42 Å². The second-order valence-electron chi connectivity index (χ2n) is 5.84. The summed E-state index contributed by atoms with van der Waals surface area (Å²) in [6.07, 6.45) is 0. The van der Waals surface area contributed by atoms with Gasteiger partial charge in [0, 0.05) is 12.2 Å². The topological polar surface area (TPSA) is 67.4 Å². The fourth-order valence-electron chi connectivity index (χ4n) is 2.31. The van der Waals surface area contributed by atoms with Crippen LogP contribution in [0, 0.1) is 6.92 Å². The molecule has 2 N–H and O–H groups in total. The van der Waals surface area contributed by atoms with Crippen LogP contribution in [0.15, 0.2) is 83.8 Å². The molecule has 6 heteroatoms. The van der Waals surface area contributed by atoms with Crippen LogP contribution in [0.1, 0.15) is 11.1 Å². The molecule has 0 bridgehead atoms. The zero-order valence-electron chi connectivity index (χ0n) is 14.3. The summed E-state index contributed by atoms with van der Waals surface area (Å²) >= 11 is 0. The van der Waals surface area contributed by atoms with Crippen molar-refractivity contribution < 1.29 is 12.6 Å². The van der Waals surface area contributed by atoms with E-state index in [9.17, 15) is 8.42 Å². The van der Waals surface area contributed by atoms with E-state index in [1.165, 1.54) is 12.1 Å². The molecule has 3 rings (SSSR count). The Morgan fingerprint density at radius 2 is 1.50 bits per heavy atom. The van der Waals surface area contributed by atoms with Crippen molar-refractivity contribution in [2.24, 2.45) is 0 Å². The van der Waals surface area contributed by atoms with Crippen molar-refractivity contribution >= 4 is 15.8 Å². The predicted octanol–water partition coefficient (Wildman–Crippen LogP) is 3.88. The molecule has 134 valence electrons. The molecule has 5 nitrogen and oxygen atoms in total. The highest BCUT2D eigenvalue weighted by Gasteiger charge is 2.16. The van der Waals surface area contributed by atoms with Gasteiger partial charge in [0.25, 0.3) is 0 Å². The van der Waals surface area contributed by atoms with Gasteiger partial charge in [-0.25, -0.2) is 5.43 Å². The molecule has 0 heterocycles. The quantitative estimate of drug-likeness (QED) is 0.489. The lowest BCUT2D eigenvalue weighted by atomic mass is 10.2. The molecule has 0 aliphatic carbocycles. The van der Waals surface area contributed by atoms with Gasteiger partial charge in [-0.05, 0) is 48.9 Å². The summed E-state index contributed by atoms with van der Waals surface area (Å²) < 4.78 is 29.8. The van der Waals surface area contributed by atoms with Crippen LogP contribution in [0.25, 0.3) is 0 Å². The Hall–Kier alpha value is -2.83. The van der Waals surface area contributed by atoms with E-state index in [0.29, 0.717) is 6.54 Å². The Bertz CT molecular complexity index is 939. The van der Waals surface area contributed by atoms with Crippen LogP contribution in [0.2, 0.25) is 0 Å². The van der Waals surface area contributed by atoms with Crippen LogP contribution >= 0.6 is 0 Å². The Kier molecular flexibility index (Phi) is 5.55. The molecule has 0 unspecified atom stereocenters. The lowest BCUT2D eigenvalue weighted by Gasteiger charge is -2.10. The van der Waals surface area contributed by atoms with Gasteiger partial charge in [-0.3, -0.25) is 0 Å². The molecular formula is C20H20N2O3S. The predicted molar refractivity (Wildman–Crippen MR) is 102 cm³/mol. The number of nitrogens with one attached hydrogen (secondary N) is 2. The van der Waals surface area contributed by atoms with Crippen molar-refractivity contribution in [1.82, 2.24) is 5.43 Å². The SMILES string of the molecule is Cc1ccc(S(=O)(=O)Oc2ccc(CNNc3ccccc3)cc2)cc1. The lowest BCUT2D eigenvalue weighted by molar-refractivity contribution is 0.486. The molecule has 0 aliphatic rings. The van der Waals surface area contributed by atoms with Gasteiger partial charge in [-0.1, -0.05) is 48.0 Å². The van der Waals surface area contributed by atoms with E-state index in [4.69, 9.17) is 4.18 Å². The van der Waals surface area contributed by atoms with Crippen molar-refractivity contribution in [3.63, 3.8) is 0 Å². The number of rotatable bonds is 7. The third-order valence-electron chi connectivity index (χ3n) is 3.74. The molecular weight excluding hydrogens is 348 g/mol.